The highest BCUT2D eigenvalue weighted by molar-refractivity contribution is 7.09. The minimum atomic E-state index is 0.700. The SMILES string of the molecule is Cc1nc(CNc2ccc(N)c3ncccc23)cs1. The van der Waals surface area contributed by atoms with Gasteiger partial charge in [-0.15, -0.1) is 11.3 Å². The van der Waals surface area contributed by atoms with E-state index in [9.17, 15) is 0 Å². The van der Waals surface area contributed by atoms with Gasteiger partial charge in [-0.2, -0.15) is 0 Å². The molecule has 0 spiro atoms. The molecule has 0 aliphatic heterocycles. The van der Waals surface area contributed by atoms with E-state index in [1.54, 1.807) is 17.5 Å². The second kappa shape index (κ2) is 4.85. The second-order valence-electron chi connectivity index (χ2n) is 4.31. The van der Waals surface area contributed by atoms with Crippen molar-refractivity contribution < 1.29 is 0 Å². The van der Waals surface area contributed by atoms with Crippen molar-refractivity contribution in [3.8, 4) is 0 Å². The first kappa shape index (κ1) is 11.9. The molecule has 2 aromatic heterocycles. The number of nitrogen functional groups attached to an aromatic ring is 1. The van der Waals surface area contributed by atoms with Crippen molar-refractivity contribution in [2.75, 3.05) is 11.1 Å². The molecule has 0 saturated heterocycles. The lowest BCUT2D eigenvalue weighted by Gasteiger charge is -2.09. The molecule has 3 N–H and O–H groups in total. The van der Waals surface area contributed by atoms with Crippen molar-refractivity contribution in [3.05, 3.63) is 46.5 Å². The van der Waals surface area contributed by atoms with Gasteiger partial charge in [0.25, 0.3) is 0 Å². The third-order valence-corrected chi connectivity index (χ3v) is 3.75. The lowest BCUT2D eigenvalue weighted by Crippen LogP contribution is -2.01. The number of aryl methyl sites for hydroxylation is 1. The van der Waals surface area contributed by atoms with Crippen LogP contribution in [-0.4, -0.2) is 9.97 Å². The van der Waals surface area contributed by atoms with E-state index in [1.807, 2.05) is 31.2 Å². The van der Waals surface area contributed by atoms with E-state index in [4.69, 9.17) is 5.73 Å². The summed E-state index contributed by atoms with van der Waals surface area (Å²) in [6.45, 7) is 2.72. The molecule has 0 unspecified atom stereocenters. The van der Waals surface area contributed by atoms with Crippen LogP contribution in [0.3, 0.4) is 0 Å². The van der Waals surface area contributed by atoms with Gasteiger partial charge in [-0.25, -0.2) is 4.98 Å². The topological polar surface area (TPSA) is 63.8 Å². The maximum absolute atomic E-state index is 5.93. The quantitative estimate of drug-likeness (QED) is 0.717. The Morgan fingerprint density at radius 2 is 2.21 bits per heavy atom. The first-order valence-electron chi connectivity index (χ1n) is 6.02. The number of benzene rings is 1. The van der Waals surface area contributed by atoms with Crippen LogP contribution >= 0.6 is 11.3 Å². The van der Waals surface area contributed by atoms with Crippen molar-refractivity contribution in [3.63, 3.8) is 0 Å². The van der Waals surface area contributed by atoms with Gasteiger partial charge in [0.1, 0.15) is 0 Å². The summed E-state index contributed by atoms with van der Waals surface area (Å²) in [6.07, 6.45) is 1.76. The molecule has 0 aliphatic rings. The molecule has 3 rings (SSSR count). The van der Waals surface area contributed by atoms with Crippen molar-refractivity contribution in [2.24, 2.45) is 0 Å². The van der Waals surface area contributed by atoms with E-state index in [2.05, 4.69) is 20.7 Å². The molecule has 0 fully saturated rings. The monoisotopic (exact) mass is 270 g/mol. The van der Waals surface area contributed by atoms with E-state index >= 15 is 0 Å². The zero-order valence-electron chi connectivity index (χ0n) is 10.6. The Kier molecular flexibility index (Phi) is 3.05. The normalized spacial score (nSPS) is 10.8. The lowest BCUT2D eigenvalue weighted by molar-refractivity contribution is 1.06. The Balaban J connectivity index is 1.91. The van der Waals surface area contributed by atoms with Gasteiger partial charge >= 0.3 is 0 Å². The summed E-state index contributed by atoms with van der Waals surface area (Å²) >= 11 is 1.66. The largest absolute Gasteiger partial charge is 0.397 e. The number of thiazole rings is 1. The minimum Gasteiger partial charge on any atom is -0.397 e. The molecule has 1 aromatic carbocycles. The fourth-order valence-corrected chi connectivity index (χ4v) is 2.64. The van der Waals surface area contributed by atoms with Gasteiger partial charge < -0.3 is 11.1 Å². The average Bonchev–Trinajstić information content (AvgIpc) is 2.84. The summed E-state index contributed by atoms with van der Waals surface area (Å²) in [5, 5.41) is 7.58. The summed E-state index contributed by atoms with van der Waals surface area (Å²) in [4.78, 5) is 8.76. The van der Waals surface area contributed by atoms with Gasteiger partial charge in [0.15, 0.2) is 0 Å². The van der Waals surface area contributed by atoms with E-state index in [-0.39, 0.29) is 0 Å². The summed E-state index contributed by atoms with van der Waals surface area (Å²) in [6, 6.07) is 7.80. The van der Waals surface area contributed by atoms with Crippen molar-refractivity contribution in [1.82, 2.24) is 9.97 Å². The van der Waals surface area contributed by atoms with Crippen LogP contribution in [0.5, 0.6) is 0 Å². The fourth-order valence-electron chi connectivity index (χ4n) is 2.02. The van der Waals surface area contributed by atoms with Crippen molar-refractivity contribution in [2.45, 2.75) is 13.5 Å². The fraction of sp³-hybridized carbons (Fsp3) is 0.143. The predicted molar refractivity (Wildman–Crippen MR) is 80.3 cm³/mol. The van der Waals surface area contributed by atoms with Crippen LogP contribution in [0.1, 0.15) is 10.7 Å². The molecule has 2 heterocycles. The first-order valence-corrected chi connectivity index (χ1v) is 6.90. The Bertz CT molecular complexity index is 720. The smallest absolute Gasteiger partial charge is 0.0951 e. The number of rotatable bonds is 3. The number of nitrogens with zero attached hydrogens (tertiary/aromatic N) is 2. The highest BCUT2D eigenvalue weighted by Gasteiger charge is 2.05. The Morgan fingerprint density at radius 3 is 3.00 bits per heavy atom. The van der Waals surface area contributed by atoms with Crippen LogP contribution in [0.25, 0.3) is 10.9 Å². The molecule has 0 amide bonds. The predicted octanol–water partition coefficient (Wildman–Crippen LogP) is 3.19. The molecule has 96 valence electrons. The first-order chi connectivity index (χ1) is 9.24. The molecule has 0 bridgehead atoms. The molecule has 0 saturated carbocycles. The van der Waals surface area contributed by atoms with Crippen LogP contribution in [0.4, 0.5) is 11.4 Å². The minimum absolute atomic E-state index is 0.700. The third kappa shape index (κ3) is 2.37. The summed E-state index contributed by atoms with van der Waals surface area (Å²) in [5.41, 5.74) is 9.55. The molecule has 0 radical (unpaired) electrons. The van der Waals surface area contributed by atoms with Gasteiger partial charge in [0.05, 0.1) is 28.5 Å². The van der Waals surface area contributed by atoms with E-state index < -0.39 is 0 Å². The molecular formula is C14H14N4S. The Morgan fingerprint density at radius 1 is 1.32 bits per heavy atom. The number of aromatic nitrogens is 2. The van der Waals surface area contributed by atoms with Gasteiger partial charge in [-0.3, -0.25) is 4.98 Å². The van der Waals surface area contributed by atoms with Gasteiger partial charge in [0.2, 0.25) is 0 Å². The van der Waals surface area contributed by atoms with Crippen LogP contribution in [0.15, 0.2) is 35.8 Å². The molecule has 0 atom stereocenters. The molecule has 5 heteroatoms. The van der Waals surface area contributed by atoms with Crippen LogP contribution < -0.4 is 11.1 Å². The second-order valence-corrected chi connectivity index (χ2v) is 5.38. The van der Waals surface area contributed by atoms with Crippen LogP contribution in [0, 0.1) is 6.92 Å². The molecule has 19 heavy (non-hydrogen) atoms. The highest BCUT2D eigenvalue weighted by atomic mass is 32.1. The number of hydrogen-bond donors (Lipinski definition) is 2. The molecule has 0 aliphatic carbocycles. The van der Waals surface area contributed by atoms with Crippen LogP contribution in [0.2, 0.25) is 0 Å². The van der Waals surface area contributed by atoms with E-state index in [1.165, 1.54) is 0 Å². The van der Waals surface area contributed by atoms with Gasteiger partial charge in [-0.1, -0.05) is 0 Å². The highest BCUT2D eigenvalue weighted by Crippen LogP contribution is 2.26. The van der Waals surface area contributed by atoms with Crippen LogP contribution in [-0.2, 0) is 6.54 Å². The molecule has 3 aromatic rings. The van der Waals surface area contributed by atoms with Crippen molar-refractivity contribution in [1.29, 1.82) is 0 Å². The maximum Gasteiger partial charge on any atom is 0.0951 e. The Hall–Kier alpha value is -2.14. The third-order valence-electron chi connectivity index (χ3n) is 2.93. The van der Waals surface area contributed by atoms with Crippen molar-refractivity contribution >= 4 is 33.6 Å². The standard InChI is InChI=1S/C14H14N4S/c1-9-18-10(8-19-9)7-17-13-5-4-12(15)14-11(13)3-2-6-16-14/h2-6,8,17H,7,15H2,1H3. The Labute approximate surface area is 115 Å². The number of pyridine rings is 1. The summed E-state index contributed by atoms with van der Waals surface area (Å²) in [7, 11) is 0. The van der Waals surface area contributed by atoms with E-state index in [0.717, 1.165) is 27.3 Å². The number of anilines is 2. The number of hydrogen-bond acceptors (Lipinski definition) is 5. The number of nitrogens with two attached hydrogens (primary N) is 1. The zero-order chi connectivity index (χ0) is 13.2. The zero-order valence-corrected chi connectivity index (χ0v) is 11.4. The summed E-state index contributed by atoms with van der Waals surface area (Å²) in [5.74, 6) is 0. The number of fused-ring (bicyclic) bond motifs is 1. The molecular weight excluding hydrogens is 256 g/mol. The van der Waals surface area contributed by atoms with E-state index in [0.29, 0.717) is 12.2 Å². The summed E-state index contributed by atoms with van der Waals surface area (Å²) < 4.78 is 0. The van der Waals surface area contributed by atoms with Gasteiger partial charge in [0, 0.05) is 22.7 Å². The average molecular weight is 270 g/mol. The lowest BCUT2D eigenvalue weighted by atomic mass is 10.1. The maximum atomic E-state index is 5.93. The van der Waals surface area contributed by atoms with Gasteiger partial charge in [-0.05, 0) is 31.2 Å². The molecule has 4 nitrogen and oxygen atoms in total. The number of nitrogens with one attached hydrogen (secondary N) is 1.